The molecular weight excluding hydrogens is 344 g/mol. The van der Waals surface area contributed by atoms with Crippen molar-refractivity contribution < 1.29 is 23.1 Å². The minimum Gasteiger partial charge on any atom is -0.478 e. The average molecular weight is 360 g/mol. The largest absolute Gasteiger partial charge is 0.478 e. The highest BCUT2D eigenvalue weighted by Crippen LogP contribution is 2.14. The molecule has 7 nitrogen and oxygen atoms in total. The Morgan fingerprint density at radius 3 is 2.20 bits per heavy atom. The van der Waals surface area contributed by atoms with Gasteiger partial charge in [0.25, 0.3) is 0 Å². The maximum absolute atomic E-state index is 12.2. The lowest BCUT2D eigenvalue weighted by Crippen LogP contribution is -2.23. The number of hydrogen-bond acceptors (Lipinski definition) is 4. The fourth-order valence-electron chi connectivity index (χ4n) is 1.91. The Kier molecular flexibility index (Phi) is 6.04. The summed E-state index contributed by atoms with van der Waals surface area (Å²) in [5, 5.41) is 10.9. The van der Waals surface area contributed by atoms with Gasteiger partial charge in [-0.3, -0.25) is 4.79 Å². The second-order valence-corrected chi connectivity index (χ2v) is 6.76. The highest BCUT2D eigenvalue weighted by atomic mass is 32.2. The van der Waals surface area contributed by atoms with Crippen LogP contribution < -0.4 is 10.0 Å². The molecule has 0 spiro atoms. The van der Waals surface area contributed by atoms with Crippen LogP contribution in [0, 0.1) is 0 Å². The third kappa shape index (κ3) is 5.87. The first-order valence-electron chi connectivity index (χ1n) is 7.22. The molecule has 130 valence electrons. The molecule has 2 aromatic carbocycles. The summed E-state index contributed by atoms with van der Waals surface area (Å²) >= 11 is 0. The van der Waals surface area contributed by atoms with E-state index in [1.165, 1.54) is 24.3 Å². The zero-order chi connectivity index (χ0) is 18.3. The first-order chi connectivity index (χ1) is 11.9. The number of amides is 1. The number of rotatable bonds is 7. The van der Waals surface area contributed by atoms with E-state index in [1.807, 2.05) is 30.3 Å². The molecule has 0 saturated heterocycles. The topological polar surface area (TPSA) is 113 Å². The Morgan fingerprint density at radius 2 is 1.60 bits per heavy atom. The molecule has 1 amide bonds. The van der Waals surface area contributed by atoms with Crippen LogP contribution in [0.25, 0.3) is 0 Å². The van der Waals surface area contributed by atoms with Gasteiger partial charge in [0.05, 0.1) is 4.90 Å². The number of anilines is 1. The van der Waals surface area contributed by atoms with Crippen LogP contribution in [0.15, 0.2) is 71.6 Å². The Morgan fingerprint density at radius 1 is 0.960 bits per heavy atom. The third-order valence-electron chi connectivity index (χ3n) is 3.12. The van der Waals surface area contributed by atoms with Crippen LogP contribution in [0.2, 0.25) is 0 Å². The Hall–Kier alpha value is -2.97. The second-order valence-electron chi connectivity index (χ2n) is 5.00. The van der Waals surface area contributed by atoms with Crippen LogP contribution in [0.3, 0.4) is 0 Å². The van der Waals surface area contributed by atoms with E-state index < -0.39 is 21.9 Å². The number of carboxylic acid groups (broad SMARTS) is 1. The van der Waals surface area contributed by atoms with Gasteiger partial charge in [-0.2, -0.15) is 0 Å². The molecule has 0 heterocycles. The van der Waals surface area contributed by atoms with E-state index in [1.54, 1.807) is 0 Å². The monoisotopic (exact) mass is 360 g/mol. The molecule has 0 aromatic heterocycles. The minimum absolute atomic E-state index is 0.0579. The molecule has 0 aliphatic heterocycles. The molecule has 0 aliphatic rings. The Balaban J connectivity index is 2.00. The Bertz CT molecular complexity index is 875. The summed E-state index contributed by atoms with van der Waals surface area (Å²) in [6.07, 6.45) is 1.58. The summed E-state index contributed by atoms with van der Waals surface area (Å²) in [5.41, 5.74) is 1.18. The van der Waals surface area contributed by atoms with Crippen molar-refractivity contribution in [3.63, 3.8) is 0 Å². The van der Waals surface area contributed by atoms with E-state index in [0.717, 1.165) is 11.6 Å². The van der Waals surface area contributed by atoms with Crippen molar-refractivity contribution in [2.45, 2.75) is 11.4 Å². The van der Waals surface area contributed by atoms with Crippen molar-refractivity contribution >= 4 is 27.6 Å². The van der Waals surface area contributed by atoms with Gasteiger partial charge in [-0.1, -0.05) is 30.3 Å². The van der Waals surface area contributed by atoms with Crippen LogP contribution in [-0.2, 0) is 26.2 Å². The predicted octanol–water partition coefficient (Wildman–Crippen LogP) is 1.74. The molecule has 0 bridgehead atoms. The van der Waals surface area contributed by atoms with Gasteiger partial charge in [0, 0.05) is 24.4 Å². The van der Waals surface area contributed by atoms with E-state index in [2.05, 4.69) is 10.0 Å². The lowest BCUT2D eigenvalue weighted by atomic mass is 10.2. The third-order valence-corrected chi connectivity index (χ3v) is 4.54. The smallest absolute Gasteiger partial charge is 0.328 e. The second kappa shape index (κ2) is 8.22. The normalized spacial score (nSPS) is 11.4. The number of aliphatic carboxylic acids is 1. The minimum atomic E-state index is -3.68. The average Bonchev–Trinajstić information content (AvgIpc) is 2.60. The highest BCUT2D eigenvalue weighted by molar-refractivity contribution is 7.89. The summed E-state index contributed by atoms with van der Waals surface area (Å²) in [6.45, 7) is 0.168. The van der Waals surface area contributed by atoms with Gasteiger partial charge in [-0.05, 0) is 29.8 Å². The molecule has 2 rings (SSSR count). The maximum atomic E-state index is 12.2. The van der Waals surface area contributed by atoms with Crippen molar-refractivity contribution in [2.75, 3.05) is 5.32 Å². The molecule has 25 heavy (non-hydrogen) atoms. The van der Waals surface area contributed by atoms with Crippen molar-refractivity contribution in [2.24, 2.45) is 0 Å². The van der Waals surface area contributed by atoms with Crippen LogP contribution >= 0.6 is 0 Å². The number of hydrogen-bond donors (Lipinski definition) is 3. The predicted molar refractivity (Wildman–Crippen MR) is 92.3 cm³/mol. The zero-order valence-electron chi connectivity index (χ0n) is 13.0. The van der Waals surface area contributed by atoms with Gasteiger partial charge in [-0.25, -0.2) is 17.9 Å². The van der Waals surface area contributed by atoms with Gasteiger partial charge < -0.3 is 10.4 Å². The van der Waals surface area contributed by atoms with Gasteiger partial charge in [-0.15, -0.1) is 0 Å². The van der Waals surface area contributed by atoms with Crippen LogP contribution in [0.1, 0.15) is 5.56 Å². The molecule has 2 aromatic rings. The fourth-order valence-corrected chi connectivity index (χ4v) is 2.92. The molecule has 3 N–H and O–H groups in total. The lowest BCUT2D eigenvalue weighted by molar-refractivity contribution is -0.131. The molecular formula is C17H16N2O5S. The number of sulfonamides is 1. The molecule has 0 fully saturated rings. The van der Waals surface area contributed by atoms with Crippen molar-refractivity contribution in [3.05, 3.63) is 72.3 Å². The SMILES string of the molecule is O=C(O)/C=C/C(=O)Nc1ccc(S(=O)(=O)NCc2ccccc2)cc1. The maximum Gasteiger partial charge on any atom is 0.328 e. The molecule has 8 heteroatoms. The Labute approximate surface area is 145 Å². The van der Waals surface area contributed by atoms with Crippen LogP contribution in [-0.4, -0.2) is 25.4 Å². The van der Waals surface area contributed by atoms with Crippen LogP contribution in [0.5, 0.6) is 0 Å². The first-order valence-corrected chi connectivity index (χ1v) is 8.71. The molecule has 0 saturated carbocycles. The quantitative estimate of drug-likeness (QED) is 0.651. The van der Waals surface area contributed by atoms with Gasteiger partial charge in [0.15, 0.2) is 0 Å². The van der Waals surface area contributed by atoms with Crippen molar-refractivity contribution in [1.29, 1.82) is 0 Å². The summed E-state index contributed by atoms with van der Waals surface area (Å²) in [6, 6.07) is 14.6. The summed E-state index contributed by atoms with van der Waals surface area (Å²) in [4.78, 5) is 21.9. The fraction of sp³-hybridized carbons (Fsp3) is 0.0588. The standard InChI is InChI=1S/C17H16N2O5S/c20-16(10-11-17(21)22)19-14-6-8-15(9-7-14)25(23,24)18-12-13-4-2-1-3-5-13/h1-11,18H,12H2,(H,19,20)(H,21,22)/b11-10+. The van der Waals surface area contributed by atoms with Crippen LogP contribution in [0.4, 0.5) is 5.69 Å². The summed E-state index contributed by atoms with van der Waals surface area (Å²) < 4.78 is 27.0. The van der Waals surface area contributed by atoms with Gasteiger partial charge in [0.2, 0.25) is 15.9 Å². The van der Waals surface area contributed by atoms with Crippen molar-refractivity contribution in [1.82, 2.24) is 4.72 Å². The van der Waals surface area contributed by atoms with E-state index in [-0.39, 0.29) is 11.4 Å². The zero-order valence-corrected chi connectivity index (χ0v) is 13.9. The van der Waals surface area contributed by atoms with E-state index in [0.29, 0.717) is 11.8 Å². The molecule has 0 unspecified atom stereocenters. The summed E-state index contributed by atoms with van der Waals surface area (Å²) in [5.74, 6) is -1.86. The van der Waals surface area contributed by atoms with E-state index in [9.17, 15) is 18.0 Å². The number of carbonyl (C=O) groups is 2. The van der Waals surface area contributed by atoms with Crippen molar-refractivity contribution in [3.8, 4) is 0 Å². The molecule has 0 atom stereocenters. The van der Waals surface area contributed by atoms with Gasteiger partial charge >= 0.3 is 5.97 Å². The first kappa shape index (κ1) is 18.4. The van der Waals surface area contributed by atoms with Gasteiger partial charge in [0.1, 0.15) is 0 Å². The summed E-state index contributed by atoms with van der Waals surface area (Å²) in [7, 11) is -3.68. The number of carboxylic acids is 1. The lowest BCUT2D eigenvalue weighted by Gasteiger charge is -2.08. The molecule has 0 aliphatic carbocycles. The highest BCUT2D eigenvalue weighted by Gasteiger charge is 2.13. The molecule has 0 radical (unpaired) electrons. The van der Waals surface area contributed by atoms with E-state index in [4.69, 9.17) is 5.11 Å². The number of benzene rings is 2. The van der Waals surface area contributed by atoms with E-state index >= 15 is 0 Å². The number of nitrogens with one attached hydrogen (secondary N) is 2. The number of carbonyl (C=O) groups excluding carboxylic acids is 1.